The Bertz CT molecular complexity index is 1050. The first-order valence-electron chi connectivity index (χ1n) is 7.02. The Balaban J connectivity index is 2.19. The molecule has 1 heterocycles. The number of aromatic nitrogens is 1. The molecule has 122 valence electrons. The van der Waals surface area contributed by atoms with Crippen LogP contribution in [0.5, 0.6) is 5.88 Å². The second-order valence-corrected chi connectivity index (χ2v) is 7.49. The summed E-state index contributed by atoms with van der Waals surface area (Å²) < 4.78 is 25.7. The zero-order valence-electron chi connectivity index (χ0n) is 12.4. The maximum Gasteiger partial charge on any atom is 0.232 e. The van der Waals surface area contributed by atoms with Crippen LogP contribution in [0, 0.1) is 5.41 Å². The molecule has 0 amide bonds. The van der Waals surface area contributed by atoms with Crippen LogP contribution in [0.1, 0.15) is 11.1 Å². The van der Waals surface area contributed by atoms with Crippen LogP contribution in [0.4, 0.5) is 0 Å². The third kappa shape index (κ3) is 2.86. The fraction of sp³-hybridized carbons (Fsp3) is 0.0588. The summed E-state index contributed by atoms with van der Waals surface area (Å²) >= 11 is 6.02. The molecule has 0 aliphatic carbocycles. The van der Waals surface area contributed by atoms with Crippen LogP contribution < -0.4 is 0 Å². The van der Waals surface area contributed by atoms with Gasteiger partial charge in [0.05, 0.1) is 5.75 Å². The molecule has 0 unspecified atom stereocenters. The molecule has 24 heavy (non-hydrogen) atoms. The summed E-state index contributed by atoms with van der Waals surface area (Å²) in [6.45, 7) is 0. The van der Waals surface area contributed by atoms with Crippen molar-refractivity contribution in [2.75, 3.05) is 0 Å². The van der Waals surface area contributed by atoms with Gasteiger partial charge in [-0.05, 0) is 11.1 Å². The van der Waals surface area contributed by atoms with Crippen molar-refractivity contribution in [2.24, 2.45) is 0 Å². The number of benzene rings is 2. The third-order valence-electron chi connectivity index (χ3n) is 3.65. The van der Waals surface area contributed by atoms with Gasteiger partial charge < -0.3 is 10.5 Å². The van der Waals surface area contributed by atoms with Gasteiger partial charge in [0.2, 0.25) is 15.7 Å². The molecule has 1 aromatic heterocycles. The topological polar surface area (TPSA) is 91.1 Å². The Labute approximate surface area is 144 Å². The Morgan fingerprint density at radius 2 is 1.71 bits per heavy atom. The summed E-state index contributed by atoms with van der Waals surface area (Å²) in [5.74, 6) is -0.842. The number of nitrogens with one attached hydrogen (secondary N) is 1. The Kier molecular flexibility index (Phi) is 4.26. The van der Waals surface area contributed by atoms with E-state index in [0.29, 0.717) is 21.9 Å². The molecule has 0 fully saturated rings. The molecular weight excluding hydrogens is 348 g/mol. The van der Waals surface area contributed by atoms with E-state index >= 15 is 0 Å². The van der Waals surface area contributed by atoms with Crippen LogP contribution in [-0.2, 0) is 15.6 Å². The smallest absolute Gasteiger partial charge is 0.232 e. The predicted molar refractivity (Wildman–Crippen MR) is 93.6 cm³/mol. The van der Waals surface area contributed by atoms with Crippen molar-refractivity contribution in [1.82, 2.24) is 4.98 Å². The second-order valence-electron chi connectivity index (χ2n) is 5.20. The van der Waals surface area contributed by atoms with E-state index in [9.17, 15) is 13.5 Å². The molecule has 0 saturated heterocycles. The SMILES string of the molecule is N=Cc1ccccc1CS(=O)(=O)c1nc(O)c(Cl)c2ccccc12. The van der Waals surface area contributed by atoms with Gasteiger partial charge in [0, 0.05) is 17.0 Å². The molecule has 0 aliphatic rings. The van der Waals surface area contributed by atoms with Gasteiger partial charge in [-0.25, -0.2) is 8.42 Å². The number of hydrogen-bond acceptors (Lipinski definition) is 5. The summed E-state index contributed by atoms with van der Waals surface area (Å²) in [6.07, 6.45) is 1.11. The number of fused-ring (bicyclic) bond motifs is 1. The summed E-state index contributed by atoms with van der Waals surface area (Å²) in [6, 6.07) is 13.4. The molecule has 0 radical (unpaired) electrons. The van der Waals surface area contributed by atoms with Gasteiger partial charge in [-0.3, -0.25) is 0 Å². The largest absolute Gasteiger partial charge is 0.492 e. The van der Waals surface area contributed by atoms with Crippen molar-refractivity contribution < 1.29 is 13.5 Å². The van der Waals surface area contributed by atoms with Crippen molar-refractivity contribution in [1.29, 1.82) is 5.41 Å². The highest BCUT2D eigenvalue weighted by molar-refractivity contribution is 7.90. The summed E-state index contributed by atoms with van der Waals surface area (Å²) in [4.78, 5) is 3.80. The highest BCUT2D eigenvalue weighted by Crippen LogP contribution is 2.34. The monoisotopic (exact) mass is 360 g/mol. The first kappa shape index (κ1) is 16.4. The number of halogens is 1. The lowest BCUT2D eigenvalue weighted by Gasteiger charge is -2.11. The normalized spacial score (nSPS) is 11.5. The number of aromatic hydroxyl groups is 1. The lowest BCUT2D eigenvalue weighted by molar-refractivity contribution is 0.449. The van der Waals surface area contributed by atoms with Crippen molar-refractivity contribution in [2.45, 2.75) is 10.8 Å². The third-order valence-corrected chi connectivity index (χ3v) is 5.61. The maximum absolute atomic E-state index is 12.9. The average Bonchev–Trinajstić information content (AvgIpc) is 2.58. The molecule has 0 bridgehead atoms. The minimum absolute atomic E-state index is 0.0180. The van der Waals surface area contributed by atoms with E-state index < -0.39 is 15.7 Å². The Morgan fingerprint density at radius 1 is 1.08 bits per heavy atom. The van der Waals surface area contributed by atoms with Crippen LogP contribution in [-0.4, -0.2) is 24.7 Å². The Hall–Kier alpha value is -2.44. The average molecular weight is 361 g/mol. The van der Waals surface area contributed by atoms with Crippen molar-refractivity contribution in [3.63, 3.8) is 0 Å². The van der Waals surface area contributed by atoms with E-state index in [-0.39, 0.29) is 15.8 Å². The summed E-state index contributed by atoms with van der Waals surface area (Å²) in [5.41, 5.74) is 1.01. The minimum Gasteiger partial charge on any atom is -0.492 e. The van der Waals surface area contributed by atoms with Gasteiger partial charge in [0.25, 0.3) is 0 Å². The minimum atomic E-state index is -3.84. The molecule has 5 nitrogen and oxygen atoms in total. The van der Waals surface area contributed by atoms with Gasteiger partial charge in [0.1, 0.15) is 5.02 Å². The molecule has 3 rings (SSSR count). The molecule has 2 aromatic carbocycles. The molecule has 0 aliphatic heterocycles. The zero-order valence-corrected chi connectivity index (χ0v) is 14.0. The molecular formula is C17H13ClN2O3S. The molecule has 7 heteroatoms. The van der Waals surface area contributed by atoms with Gasteiger partial charge in [-0.2, -0.15) is 4.98 Å². The predicted octanol–water partition coefficient (Wildman–Crippen LogP) is 3.57. The van der Waals surface area contributed by atoms with Crippen molar-refractivity contribution in [3.05, 3.63) is 64.7 Å². The van der Waals surface area contributed by atoms with Crippen molar-refractivity contribution >= 4 is 38.4 Å². The summed E-state index contributed by atoms with van der Waals surface area (Å²) in [7, 11) is -3.84. The number of rotatable bonds is 4. The van der Waals surface area contributed by atoms with Gasteiger partial charge >= 0.3 is 0 Å². The first-order valence-corrected chi connectivity index (χ1v) is 9.05. The van der Waals surface area contributed by atoms with Crippen LogP contribution >= 0.6 is 11.6 Å². The van der Waals surface area contributed by atoms with Gasteiger partial charge in [-0.15, -0.1) is 0 Å². The lowest BCUT2D eigenvalue weighted by atomic mass is 10.1. The zero-order chi connectivity index (χ0) is 17.3. The van der Waals surface area contributed by atoms with Gasteiger partial charge in [-0.1, -0.05) is 60.1 Å². The van der Waals surface area contributed by atoms with Crippen molar-refractivity contribution in [3.8, 4) is 5.88 Å². The molecule has 3 aromatic rings. The number of nitrogens with zero attached hydrogens (tertiary/aromatic N) is 1. The van der Waals surface area contributed by atoms with E-state index in [0.717, 1.165) is 6.21 Å². The highest BCUT2D eigenvalue weighted by Gasteiger charge is 2.24. The number of hydrogen-bond donors (Lipinski definition) is 2. The fourth-order valence-electron chi connectivity index (χ4n) is 2.50. The van der Waals surface area contributed by atoms with E-state index in [1.54, 1.807) is 48.5 Å². The second kappa shape index (κ2) is 6.22. The Morgan fingerprint density at radius 3 is 2.42 bits per heavy atom. The van der Waals surface area contributed by atoms with Gasteiger partial charge in [0.15, 0.2) is 5.03 Å². The standard InChI is InChI=1S/C17H13ClN2O3S/c18-15-13-7-3-4-8-14(13)17(20-16(15)21)24(22,23)10-12-6-2-1-5-11(12)9-19/h1-9,19H,10H2,(H,20,21). The van der Waals surface area contributed by atoms with Crippen LogP contribution in [0.25, 0.3) is 10.8 Å². The van der Waals surface area contributed by atoms with E-state index in [1.165, 1.54) is 0 Å². The highest BCUT2D eigenvalue weighted by atomic mass is 35.5. The lowest BCUT2D eigenvalue weighted by Crippen LogP contribution is -2.09. The quantitative estimate of drug-likeness (QED) is 0.696. The van der Waals surface area contributed by atoms with E-state index in [4.69, 9.17) is 17.0 Å². The van der Waals surface area contributed by atoms with E-state index in [2.05, 4.69) is 4.98 Å². The molecule has 2 N–H and O–H groups in total. The number of sulfone groups is 1. The van der Waals surface area contributed by atoms with Crippen LogP contribution in [0.2, 0.25) is 5.02 Å². The summed E-state index contributed by atoms with van der Waals surface area (Å²) in [5, 5.41) is 17.9. The first-order chi connectivity index (χ1) is 11.4. The van der Waals surface area contributed by atoms with Crippen LogP contribution in [0.3, 0.4) is 0 Å². The maximum atomic E-state index is 12.9. The number of pyridine rings is 1. The van der Waals surface area contributed by atoms with E-state index in [1.807, 2.05) is 0 Å². The molecule has 0 atom stereocenters. The van der Waals surface area contributed by atoms with Crippen LogP contribution in [0.15, 0.2) is 53.6 Å². The molecule has 0 saturated carbocycles. The molecule has 0 spiro atoms. The fourth-order valence-corrected chi connectivity index (χ4v) is 4.26.